The highest BCUT2D eigenvalue weighted by atomic mass is 19.2. The molecule has 2 atom stereocenters. The number of piperidine rings is 1. The van der Waals surface area contributed by atoms with Gasteiger partial charge in [-0.3, -0.25) is 9.69 Å². The van der Waals surface area contributed by atoms with Gasteiger partial charge in [0.25, 0.3) is 0 Å². The molecule has 1 N–H and O–H groups in total. The topological polar surface area (TPSA) is 40.5 Å². The Hall–Kier alpha value is -1.43. The average Bonchev–Trinajstić information content (AvgIpc) is 2.62. The van der Waals surface area contributed by atoms with Crippen LogP contribution in [0.3, 0.4) is 0 Å². The van der Waals surface area contributed by atoms with Gasteiger partial charge in [-0.05, 0) is 56.3 Å². The number of rotatable bonds is 9. The minimum Gasteiger partial charge on any atom is -0.481 e. The third-order valence-electron chi connectivity index (χ3n) is 5.44. The first kappa shape index (κ1) is 20.9. The highest BCUT2D eigenvalue weighted by Crippen LogP contribution is 2.37. The molecule has 0 amide bonds. The monoisotopic (exact) mass is 363 g/mol. The van der Waals surface area contributed by atoms with Gasteiger partial charge < -0.3 is 5.11 Å². The number of hydrogen-bond acceptors (Lipinski definition) is 2. The van der Waals surface area contributed by atoms with Crippen LogP contribution < -0.4 is 0 Å². The van der Waals surface area contributed by atoms with Gasteiger partial charge in [0.1, 0.15) is 0 Å². The quantitative estimate of drug-likeness (QED) is 0.647. The predicted molar refractivity (Wildman–Crippen MR) is 99.2 cm³/mol. The Kier molecular flexibility index (Phi) is 7.62. The van der Waals surface area contributed by atoms with Crippen LogP contribution in [-0.4, -0.2) is 36.4 Å². The van der Waals surface area contributed by atoms with Crippen molar-refractivity contribution < 1.29 is 18.7 Å². The summed E-state index contributed by atoms with van der Waals surface area (Å²) in [5.41, 5.74) is 0.735. The van der Waals surface area contributed by atoms with E-state index in [1.807, 2.05) is 6.92 Å². The summed E-state index contributed by atoms with van der Waals surface area (Å²) in [4.78, 5) is 13.9. The third kappa shape index (κ3) is 5.53. The Bertz CT molecular complexity index is 613. The molecule has 2 unspecified atom stereocenters. The van der Waals surface area contributed by atoms with Gasteiger partial charge in [0.2, 0.25) is 0 Å². The second-order valence-electron chi connectivity index (χ2n) is 7.47. The fourth-order valence-electron chi connectivity index (χ4n) is 3.72. The van der Waals surface area contributed by atoms with E-state index in [0.717, 1.165) is 50.3 Å². The molecule has 0 saturated carbocycles. The number of halogens is 2. The fraction of sp³-hybridized carbons (Fsp3) is 0.650. The number of carbonyl (C=O) groups is 1. The SMILES string of the molecule is [B]C(CCCC)(CCC1CCCCN1Cc1ccc(F)c(F)c1)C(=O)O. The maximum Gasteiger partial charge on any atom is 0.300 e. The Labute approximate surface area is 156 Å². The Balaban J connectivity index is 2.01. The third-order valence-corrected chi connectivity index (χ3v) is 5.44. The molecule has 1 aromatic carbocycles. The lowest BCUT2D eigenvalue weighted by molar-refractivity contribution is -0.141. The minimum absolute atomic E-state index is 0.223. The van der Waals surface area contributed by atoms with E-state index in [2.05, 4.69) is 4.90 Å². The number of nitrogens with zero attached hydrogens (tertiary/aromatic N) is 1. The van der Waals surface area contributed by atoms with E-state index in [0.29, 0.717) is 25.8 Å². The van der Waals surface area contributed by atoms with E-state index >= 15 is 0 Å². The van der Waals surface area contributed by atoms with Crippen LogP contribution >= 0.6 is 0 Å². The van der Waals surface area contributed by atoms with Crippen LogP contribution in [0.1, 0.15) is 63.9 Å². The van der Waals surface area contributed by atoms with E-state index in [4.69, 9.17) is 7.85 Å². The molecule has 0 bridgehead atoms. The lowest BCUT2D eigenvalue weighted by Crippen LogP contribution is -2.40. The number of carboxylic acids is 1. The number of likely N-dealkylation sites (tertiary alicyclic amines) is 1. The first-order chi connectivity index (χ1) is 12.4. The molecule has 1 aliphatic rings. The molecule has 1 aromatic rings. The largest absolute Gasteiger partial charge is 0.481 e. The Morgan fingerprint density at radius 2 is 2.08 bits per heavy atom. The molecule has 1 fully saturated rings. The summed E-state index contributed by atoms with van der Waals surface area (Å²) in [6.07, 6.45) is 6.46. The summed E-state index contributed by atoms with van der Waals surface area (Å²) in [6.45, 7) is 3.44. The summed E-state index contributed by atoms with van der Waals surface area (Å²) in [6, 6.07) is 4.23. The van der Waals surface area contributed by atoms with Crippen molar-refractivity contribution in [1.29, 1.82) is 0 Å². The van der Waals surface area contributed by atoms with Crippen LogP contribution in [0, 0.1) is 11.6 Å². The van der Waals surface area contributed by atoms with Gasteiger partial charge in [-0.1, -0.05) is 32.3 Å². The van der Waals surface area contributed by atoms with Gasteiger partial charge in [-0.15, -0.1) is 0 Å². The van der Waals surface area contributed by atoms with Gasteiger partial charge >= 0.3 is 5.97 Å². The van der Waals surface area contributed by atoms with E-state index < -0.39 is 22.9 Å². The van der Waals surface area contributed by atoms with Gasteiger partial charge in [0.05, 0.1) is 7.85 Å². The molecule has 1 heterocycles. The number of hydrogen-bond donors (Lipinski definition) is 1. The number of carboxylic acid groups (broad SMARTS) is 1. The second kappa shape index (κ2) is 9.49. The zero-order valence-corrected chi connectivity index (χ0v) is 15.5. The molecular formula is C20H28BF2NO2. The molecular weight excluding hydrogens is 335 g/mol. The lowest BCUT2D eigenvalue weighted by atomic mass is 9.62. The highest BCUT2D eigenvalue weighted by molar-refractivity contribution is 6.26. The zero-order chi connectivity index (χ0) is 19.2. The number of benzene rings is 1. The molecule has 2 radical (unpaired) electrons. The van der Waals surface area contributed by atoms with E-state index in [9.17, 15) is 18.7 Å². The molecule has 26 heavy (non-hydrogen) atoms. The normalized spacial score (nSPS) is 20.7. The van der Waals surface area contributed by atoms with Crippen molar-refractivity contribution in [2.24, 2.45) is 0 Å². The molecule has 3 nitrogen and oxygen atoms in total. The maximum absolute atomic E-state index is 13.5. The summed E-state index contributed by atoms with van der Waals surface area (Å²) in [7, 11) is 6.17. The van der Waals surface area contributed by atoms with Crippen LogP contribution in [0.2, 0.25) is 5.31 Å². The van der Waals surface area contributed by atoms with Crippen molar-refractivity contribution in [3.8, 4) is 0 Å². The van der Waals surface area contributed by atoms with E-state index in [1.165, 1.54) is 6.07 Å². The van der Waals surface area contributed by atoms with Gasteiger partial charge in [0, 0.05) is 17.9 Å². The van der Waals surface area contributed by atoms with Gasteiger partial charge in [-0.25, -0.2) is 8.78 Å². The minimum atomic E-state index is -1.18. The summed E-state index contributed by atoms with van der Waals surface area (Å²) < 4.78 is 26.6. The summed E-state index contributed by atoms with van der Waals surface area (Å²) >= 11 is 0. The maximum atomic E-state index is 13.5. The fourth-order valence-corrected chi connectivity index (χ4v) is 3.72. The number of aliphatic carboxylic acids is 1. The van der Waals surface area contributed by atoms with E-state index in [-0.39, 0.29) is 6.04 Å². The molecule has 1 saturated heterocycles. The molecule has 142 valence electrons. The van der Waals surface area contributed by atoms with Crippen molar-refractivity contribution >= 4 is 13.8 Å². The van der Waals surface area contributed by atoms with Crippen molar-refractivity contribution in [2.45, 2.75) is 76.2 Å². The Morgan fingerprint density at radius 3 is 2.73 bits per heavy atom. The molecule has 1 aliphatic heterocycles. The van der Waals surface area contributed by atoms with Crippen molar-refractivity contribution in [3.63, 3.8) is 0 Å². The lowest BCUT2D eigenvalue weighted by Gasteiger charge is -2.37. The molecule has 6 heteroatoms. The summed E-state index contributed by atoms with van der Waals surface area (Å²) in [5, 5.41) is 8.35. The average molecular weight is 363 g/mol. The zero-order valence-electron chi connectivity index (χ0n) is 15.5. The van der Waals surface area contributed by atoms with Crippen molar-refractivity contribution in [1.82, 2.24) is 4.90 Å². The first-order valence-corrected chi connectivity index (χ1v) is 9.56. The highest BCUT2D eigenvalue weighted by Gasteiger charge is 2.33. The van der Waals surface area contributed by atoms with Crippen LogP contribution in [0.25, 0.3) is 0 Å². The Morgan fingerprint density at radius 1 is 1.31 bits per heavy atom. The first-order valence-electron chi connectivity index (χ1n) is 9.56. The predicted octanol–water partition coefficient (Wildman–Crippen LogP) is 4.70. The summed E-state index contributed by atoms with van der Waals surface area (Å²) in [5.74, 6) is -2.61. The van der Waals surface area contributed by atoms with Crippen molar-refractivity contribution in [2.75, 3.05) is 6.54 Å². The van der Waals surface area contributed by atoms with Crippen LogP contribution in [0.4, 0.5) is 8.78 Å². The molecule has 0 aliphatic carbocycles. The number of unbranched alkanes of at least 4 members (excludes halogenated alkanes) is 1. The molecule has 0 spiro atoms. The van der Waals surface area contributed by atoms with Crippen LogP contribution in [0.5, 0.6) is 0 Å². The standard InChI is InChI=1S/C20H28BF2NO2/c1-2-3-10-20(21,19(25)26)11-9-16-6-4-5-12-24(16)14-15-7-8-17(22)18(23)13-15/h7-8,13,16H,2-6,9-12,14H2,1H3,(H,25,26). The van der Waals surface area contributed by atoms with Crippen LogP contribution in [0.15, 0.2) is 18.2 Å². The van der Waals surface area contributed by atoms with Crippen LogP contribution in [-0.2, 0) is 11.3 Å². The van der Waals surface area contributed by atoms with Gasteiger partial charge in [-0.2, -0.15) is 0 Å². The smallest absolute Gasteiger partial charge is 0.300 e. The molecule has 0 aromatic heterocycles. The van der Waals surface area contributed by atoms with Gasteiger partial charge in [0.15, 0.2) is 11.6 Å². The molecule has 2 rings (SSSR count). The second-order valence-corrected chi connectivity index (χ2v) is 7.47. The van der Waals surface area contributed by atoms with Crippen molar-refractivity contribution in [3.05, 3.63) is 35.4 Å². The van der Waals surface area contributed by atoms with E-state index in [1.54, 1.807) is 6.07 Å².